The molecule has 106 valence electrons. The van der Waals surface area contributed by atoms with Crippen molar-refractivity contribution >= 4 is 11.6 Å². The lowest BCUT2D eigenvalue weighted by molar-refractivity contribution is 0.192. The highest BCUT2D eigenvalue weighted by atomic mass is 15.3. The van der Waals surface area contributed by atoms with Crippen molar-refractivity contribution in [3.63, 3.8) is 0 Å². The molecule has 0 saturated carbocycles. The Hall–Kier alpha value is -1.36. The van der Waals surface area contributed by atoms with Gasteiger partial charge in [-0.15, -0.1) is 0 Å². The molecule has 1 aromatic rings. The average Bonchev–Trinajstić information content (AvgIpc) is 2.42. The van der Waals surface area contributed by atoms with Crippen LogP contribution in [0.1, 0.15) is 31.7 Å². The highest BCUT2D eigenvalue weighted by Gasteiger charge is 2.22. The summed E-state index contributed by atoms with van der Waals surface area (Å²) in [4.78, 5) is 13.7. The molecule has 0 aromatic carbocycles. The molecule has 1 atom stereocenters. The first kappa shape index (κ1) is 14.1. The van der Waals surface area contributed by atoms with Crippen molar-refractivity contribution in [1.29, 1.82) is 0 Å². The van der Waals surface area contributed by atoms with Gasteiger partial charge in [-0.05, 0) is 27.2 Å². The maximum atomic E-state index is 5.94. The van der Waals surface area contributed by atoms with E-state index in [-0.39, 0.29) is 0 Å². The Morgan fingerprint density at radius 3 is 2.37 bits per heavy atom. The largest absolute Gasteiger partial charge is 0.383 e. The van der Waals surface area contributed by atoms with Crippen LogP contribution in [0.2, 0.25) is 0 Å². The van der Waals surface area contributed by atoms with Crippen LogP contribution in [0.4, 0.5) is 11.6 Å². The number of nitrogen functional groups attached to an aromatic ring is 1. The summed E-state index contributed by atoms with van der Waals surface area (Å²) in [7, 11) is 0. The van der Waals surface area contributed by atoms with Crippen molar-refractivity contribution in [2.75, 3.05) is 36.8 Å². The quantitative estimate of drug-likeness (QED) is 0.897. The van der Waals surface area contributed by atoms with Crippen LogP contribution < -0.4 is 10.6 Å². The van der Waals surface area contributed by atoms with Crippen molar-refractivity contribution < 1.29 is 0 Å². The molecule has 1 fully saturated rings. The Balaban J connectivity index is 2.10. The molecule has 1 aliphatic heterocycles. The third-order valence-corrected chi connectivity index (χ3v) is 4.10. The minimum absolute atomic E-state index is 0.604. The SMILES string of the molecule is CCC(C)N1CCN(c2nc(C)nc(N)c2C)CC1. The number of aryl methyl sites for hydroxylation is 1. The lowest BCUT2D eigenvalue weighted by atomic mass is 10.2. The van der Waals surface area contributed by atoms with Gasteiger partial charge in [0.25, 0.3) is 0 Å². The summed E-state index contributed by atoms with van der Waals surface area (Å²) in [5.41, 5.74) is 6.94. The van der Waals surface area contributed by atoms with Crippen LogP contribution in [0.3, 0.4) is 0 Å². The summed E-state index contributed by atoms with van der Waals surface area (Å²) in [6.07, 6.45) is 1.21. The molecule has 1 unspecified atom stereocenters. The molecule has 2 N–H and O–H groups in total. The predicted molar refractivity (Wildman–Crippen MR) is 79.5 cm³/mol. The Kier molecular flexibility index (Phi) is 4.24. The minimum atomic E-state index is 0.604. The molecule has 0 spiro atoms. The van der Waals surface area contributed by atoms with E-state index in [4.69, 9.17) is 5.73 Å². The van der Waals surface area contributed by atoms with Gasteiger partial charge in [0.15, 0.2) is 0 Å². The van der Waals surface area contributed by atoms with Crippen LogP contribution in [0.25, 0.3) is 0 Å². The zero-order chi connectivity index (χ0) is 14.0. The van der Waals surface area contributed by atoms with Gasteiger partial charge in [-0.25, -0.2) is 9.97 Å². The standard InChI is InChI=1S/C14H25N5/c1-5-10(2)18-6-8-19(9-7-18)14-11(3)13(15)16-12(4)17-14/h10H,5-9H2,1-4H3,(H2,15,16,17). The Morgan fingerprint density at radius 1 is 1.16 bits per heavy atom. The predicted octanol–water partition coefficient (Wildman–Crippen LogP) is 1.60. The van der Waals surface area contributed by atoms with E-state index in [2.05, 4.69) is 33.6 Å². The van der Waals surface area contributed by atoms with Gasteiger partial charge in [-0.1, -0.05) is 6.92 Å². The van der Waals surface area contributed by atoms with E-state index in [1.807, 2.05) is 13.8 Å². The molecule has 0 amide bonds. The summed E-state index contributed by atoms with van der Waals surface area (Å²) in [5.74, 6) is 2.36. The van der Waals surface area contributed by atoms with Gasteiger partial charge in [0.05, 0.1) is 0 Å². The fourth-order valence-electron chi connectivity index (χ4n) is 2.58. The van der Waals surface area contributed by atoms with Gasteiger partial charge in [0, 0.05) is 37.8 Å². The highest BCUT2D eigenvalue weighted by molar-refractivity contribution is 5.56. The van der Waals surface area contributed by atoms with Crippen LogP contribution in [0.5, 0.6) is 0 Å². The van der Waals surface area contributed by atoms with E-state index in [1.54, 1.807) is 0 Å². The van der Waals surface area contributed by atoms with Crippen molar-refractivity contribution in [1.82, 2.24) is 14.9 Å². The number of nitrogens with zero attached hydrogens (tertiary/aromatic N) is 4. The van der Waals surface area contributed by atoms with Gasteiger partial charge in [-0.3, -0.25) is 4.90 Å². The van der Waals surface area contributed by atoms with Gasteiger partial charge >= 0.3 is 0 Å². The molecule has 2 heterocycles. The lowest BCUT2D eigenvalue weighted by Gasteiger charge is -2.38. The minimum Gasteiger partial charge on any atom is -0.383 e. The van der Waals surface area contributed by atoms with E-state index in [1.165, 1.54) is 6.42 Å². The molecular formula is C14H25N5. The first-order valence-corrected chi connectivity index (χ1v) is 7.12. The van der Waals surface area contributed by atoms with Gasteiger partial charge in [-0.2, -0.15) is 0 Å². The maximum absolute atomic E-state index is 5.94. The number of anilines is 2. The van der Waals surface area contributed by atoms with Crippen LogP contribution in [-0.4, -0.2) is 47.1 Å². The van der Waals surface area contributed by atoms with E-state index >= 15 is 0 Å². The lowest BCUT2D eigenvalue weighted by Crippen LogP contribution is -2.50. The number of hydrogen-bond donors (Lipinski definition) is 1. The van der Waals surface area contributed by atoms with Crippen molar-refractivity contribution in [2.45, 2.75) is 40.2 Å². The van der Waals surface area contributed by atoms with Crippen LogP contribution in [0, 0.1) is 13.8 Å². The van der Waals surface area contributed by atoms with Crippen molar-refractivity contribution in [3.8, 4) is 0 Å². The smallest absolute Gasteiger partial charge is 0.137 e. The molecule has 0 bridgehead atoms. The second-order valence-corrected chi connectivity index (χ2v) is 5.38. The fraction of sp³-hybridized carbons (Fsp3) is 0.714. The summed E-state index contributed by atoms with van der Waals surface area (Å²) < 4.78 is 0. The van der Waals surface area contributed by atoms with E-state index in [9.17, 15) is 0 Å². The molecule has 5 heteroatoms. The number of aromatic nitrogens is 2. The molecule has 1 saturated heterocycles. The molecule has 2 rings (SSSR count). The fourth-order valence-corrected chi connectivity index (χ4v) is 2.58. The van der Waals surface area contributed by atoms with Gasteiger partial charge in [0.1, 0.15) is 17.5 Å². The molecule has 1 aromatic heterocycles. The normalized spacial score (nSPS) is 18.6. The average molecular weight is 263 g/mol. The zero-order valence-electron chi connectivity index (χ0n) is 12.5. The molecule has 19 heavy (non-hydrogen) atoms. The van der Waals surface area contributed by atoms with Crippen LogP contribution >= 0.6 is 0 Å². The Morgan fingerprint density at radius 2 is 1.79 bits per heavy atom. The summed E-state index contributed by atoms with van der Waals surface area (Å²) in [6.45, 7) is 12.7. The topological polar surface area (TPSA) is 58.3 Å². The van der Waals surface area contributed by atoms with E-state index < -0.39 is 0 Å². The van der Waals surface area contributed by atoms with Crippen molar-refractivity contribution in [3.05, 3.63) is 11.4 Å². The molecule has 5 nitrogen and oxygen atoms in total. The highest BCUT2D eigenvalue weighted by Crippen LogP contribution is 2.23. The summed E-state index contributed by atoms with van der Waals surface area (Å²) >= 11 is 0. The van der Waals surface area contributed by atoms with E-state index in [0.717, 1.165) is 43.4 Å². The Labute approximate surface area is 115 Å². The summed E-state index contributed by atoms with van der Waals surface area (Å²) in [5, 5.41) is 0. The van der Waals surface area contributed by atoms with Gasteiger partial charge < -0.3 is 10.6 Å². The van der Waals surface area contributed by atoms with E-state index in [0.29, 0.717) is 11.9 Å². The number of hydrogen-bond acceptors (Lipinski definition) is 5. The molecule has 1 aliphatic rings. The first-order chi connectivity index (χ1) is 9.02. The molecular weight excluding hydrogens is 238 g/mol. The maximum Gasteiger partial charge on any atom is 0.137 e. The number of rotatable bonds is 3. The number of nitrogens with two attached hydrogens (primary N) is 1. The molecule has 0 radical (unpaired) electrons. The van der Waals surface area contributed by atoms with Crippen LogP contribution in [-0.2, 0) is 0 Å². The monoisotopic (exact) mass is 263 g/mol. The number of piperazine rings is 1. The second kappa shape index (κ2) is 5.74. The first-order valence-electron chi connectivity index (χ1n) is 7.12. The Bertz CT molecular complexity index is 438. The van der Waals surface area contributed by atoms with Crippen molar-refractivity contribution in [2.24, 2.45) is 0 Å². The second-order valence-electron chi connectivity index (χ2n) is 5.38. The third-order valence-electron chi connectivity index (χ3n) is 4.10. The molecule has 0 aliphatic carbocycles. The summed E-state index contributed by atoms with van der Waals surface area (Å²) in [6, 6.07) is 0.667. The zero-order valence-corrected chi connectivity index (χ0v) is 12.5. The van der Waals surface area contributed by atoms with Gasteiger partial charge in [0.2, 0.25) is 0 Å². The van der Waals surface area contributed by atoms with Crippen LogP contribution in [0.15, 0.2) is 0 Å². The third kappa shape index (κ3) is 2.97.